The summed E-state index contributed by atoms with van der Waals surface area (Å²) in [5, 5.41) is 12.6. The van der Waals surface area contributed by atoms with E-state index in [2.05, 4.69) is 53.8 Å². The summed E-state index contributed by atoms with van der Waals surface area (Å²) in [5.41, 5.74) is 3.80. The van der Waals surface area contributed by atoms with Gasteiger partial charge in [-0.15, -0.1) is 0 Å². The molecule has 1 unspecified atom stereocenters. The van der Waals surface area contributed by atoms with Crippen molar-refractivity contribution in [2.45, 2.75) is 32.4 Å². The molecule has 106 valence electrons. The summed E-state index contributed by atoms with van der Waals surface area (Å²) >= 11 is 0. The first-order chi connectivity index (χ1) is 9.75. The molecule has 0 bridgehead atoms. The van der Waals surface area contributed by atoms with Gasteiger partial charge in [0.25, 0.3) is 0 Å². The molecule has 2 aromatic carbocycles. The first-order valence-electron chi connectivity index (χ1n) is 7.29. The molecular formula is C18H23NO. The van der Waals surface area contributed by atoms with Crippen molar-refractivity contribution in [2.24, 2.45) is 0 Å². The van der Waals surface area contributed by atoms with Crippen molar-refractivity contribution >= 4 is 0 Å². The molecule has 1 atom stereocenters. The smallest absolute Gasteiger partial charge is 0.0512 e. The van der Waals surface area contributed by atoms with Crippen LogP contribution in [0.15, 0.2) is 54.6 Å². The Morgan fingerprint density at radius 2 is 1.60 bits per heavy atom. The molecule has 2 rings (SSSR count). The summed E-state index contributed by atoms with van der Waals surface area (Å²) in [6.45, 7) is 3.67. The van der Waals surface area contributed by atoms with Gasteiger partial charge in [-0.2, -0.15) is 0 Å². The number of hydrogen-bond donors (Lipinski definition) is 2. The summed E-state index contributed by atoms with van der Waals surface area (Å²) in [7, 11) is 0. The van der Waals surface area contributed by atoms with Gasteiger partial charge in [0.15, 0.2) is 0 Å². The Morgan fingerprint density at radius 3 is 2.25 bits per heavy atom. The highest BCUT2D eigenvalue weighted by Gasteiger charge is 1.98. The van der Waals surface area contributed by atoms with E-state index in [0.29, 0.717) is 0 Å². The largest absolute Gasteiger partial charge is 0.393 e. The molecule has 0 aliphatic heterocycles. The molecule has 0 radical (unpaired) electrons. The highest BCUT2D eigenvalue weighted by molar-refractivity contribution is 5.63. The average molecular weight is 269 g/mol. The molecule has 2 nitrogen and oxygen atoms in total. The summed E-state index contributed by atoms with van der Waals surface area (Å²) in [4.78, 5) is 0. The highest BCUT2D eigenvalue weighted by Crippen LogP contribution is 2.19. The maximum atomic E-state index is 9.18. The van der Waals surface area contributed by atoms with Gasteiger partial charge in [0.1, 0.15) is 0 Å². The van der Waals surface area contributed by atoms with Gasteiger partial charge < -0.3 is 10.4 Å². The molecule has 0 spiro atoms. The zero-order valence-electron chi connectivity index (χ0n) is 12.0. The van der Waals surface area contributed by atoms with E-state index in [4.69, 9.17) is 0 Å². The SMILES string of the molecule is CC(O)CCCNCc1ccc(-c2ccccc2)cc1. The van der Waals surface area contributed by atoms with Gasteiger partial charge in [-0.3, -0.25) is 0 Å². The number of hydrogen-bond acceptors (Lipinski definition) is 2. The van der Waals surface area contributed by atoms with Gasteiger partial charge in [-0.05, 0) is 43.0 Å². The van der Waals surface area contributed by atoms with Crippen molar-refractivity contribution < 1.29 is 5.11 Å². The molecule has 2 aromatic rings. The summed E-state index contributed by atoms with van der Waals surface area (Å²) in [6.07, 6.45) is 1.68. The summed E-state index contributed by atoms with van der Waals surface area (Å²) < 4.78 is 0. The quantitative estimate of drug-likeness (QED) is 0.753. The Kier molecular flexibility index (Phi) is 5.78. The second-order valence-electron chi connectivity index (χ2n) is 5.23. The van der Waals surface area contributed by atoms with E-state index in [-0.39, 0.29) is 6.10 Å². The minimum atomic E-state index is -0.193. The zero-order chi connectivity index (χ0) is 14.2. The Hall–Kier alpha value is -1.64. The maximum Gasteiger partial charge on any atom is 0.0512 e. The number of aliphatic hydroxyl groups is 1. The van der Waals surface area contributed by atoms with Crippen LogP contribution in [0.2, 0.25) is 0 Å². The van der Waals surface area contributed by atoms with Crippen molar-refractivity contribution in [3.8, 4) is 11.1 Å². The van der Waals surface area contributed by atoms with Crippen LogP contribution in [0.25, 0.3) is 11.1 Å². The fourth-order valence-corrected chi connectivity index (χ4v) is 2.20. The van der Waals surface area contributed by atoms with Crippen LogP contribution < -0.4 is 5.32 Å². The molecule has 0 saturated heterocycles. The fourth-order valence-electron chi connectivity index (χ4n) is 2.20. The minimum absolute atomic E-state index is 0.193. The predicted octanol–water partition coefficient (Wildman–Crippen LogP) is 3.60. The van der Waals surface area contributed by atoms with Crippen molar-refractivity contribution in [1.29, 1.82) is 0 Å². The predicted molar refractivity (Wildman–Crippen MR) is 84.5 cm³/mol. The van der Waals surface area contributed by atoms with Gasteiger partial charge in [-0.1, -0.05) is 54.6 Å². The fraction of sp³-hybridized carbons (Fsp3) is 0.333. The van der Waals surface area contributed by atoms with Crippen LogP contribution in [-0.2, 0) is 6.54 Å². The average Bonchev–Trinajstić information content (AvgIpc) is 2.48. The minimum Gasteiger partial charge on any atom is -0.393 e. The topological polar surface area (TPSA) is 32.3 Å². The summed E-state index contributed by atoms with van der Waals surface area (Å²) in [6, 6.07) is 19.1. The van der Waals surface area contributed by atoms with Crippen LogP contribution >= 0.6 is 0 Å². The Bertz CT molecular complexity index is 491. The van der Waals surface area contributed by atoms with E-state index in [0.717, 1.165) is 25.9 Å². The van der Waals surface area contributed by atoms with E-state index < -0.39 is 0 Å². The molecule has 0 aliphatic carbocycles. The van der Waals surface area contributed by atoms with Crippen LogP contribution in [0, 0.1) is 0 Å². The van der Waals surface area contributed by atoms with E-state index >= 15 is 0 Å². The summed E-state index contributed by atoms with van der Waals surface area (Å²) in [5.74, 6) is 0. The molecule has 0 saturated carbocycles. The van der Waals surface area contributed by atoms with Crippen molar-refractivity contribution in [3.63, 3.8) is 0 Å². The second kappa shape index (κ2) is 7.83. The number of benzene rings is 2. The van der Waals surface area contributed by atoms with Gasteiger partial charge in [0, 0.05) is 6.54 Å². The van der Waals surface area contributed by atoms with Crippen LogP contribution in [0.3, 0.4) is 0 Å². The Morgan fingerprint density at radius 1 is 0.950 bits per heavy atom. The molecule has 20 heavy (non-hydrogen) atoms. The van der Waals surface area contributed by atoms with Gasteiger partial charge >= 0.3 is 0 Å². The Balaban J connectivity index is 1.80. The van der Waals surface area contributed by atoms with Gasteiger partial charge in [-0.25, -0.2) is 0 Å². The molecule has 0 heterocycles. The third kappa shape index (κ3) is 4.80. The number of nitrogens with one attached hydrogen (secondary N) is 1. The monoisotopic (exact) mass is 269 g/mol. The standard InChI is InChI=1S/C18H23NO/c1-15(20)6-5-13-19-14-16-9-11-18(12-10-16)17-7-3-2-4-8-17/h2-4,7-12,15,19-20H,5-6,13-14H2,1H3. The first-order valence-corrected chi connectivity index (χ1v) is 7.29. The number of rotatable bonds is 7. The van der Waals surface area contributed by atoms with E-state index in [9.17, 15) is 5.11 Å². The van der Waals surface area contributed by atoms with Crippen molar-refractivity contribution in [2.75, 3.05) is 6.54 Å². The van der Waals surface area contributed by atoms with Gasteiger partial charge in [0.2, 0.25) is 0 Å². The van der Waals surface area contributed by atoms with E-state index in [1.54, 1.807) is 0 Å². The highest BCUT2D eigenvalue weighted by atomic mass is 16.3. The van der Waals surface area contributed by atoms with Crippen LogP contribution in [0.5, 0.6) is 0 Å². The van der Waals surface area contributed by atoms with E-state index in [1.807, 2.05) is 13.0 Å². The lowest BCUT2D eigenvalue weighted by atomic mass is 10.0. The lowest BCUT2D eigenvalue weighted by Crippen LogP contribution is -2.16. The Labute approximate surface area is 121 Å². The molecule has 0 aromatic heterocycles. The zero-order valence-corrected chi connectivity index (χ0v) is 12.0. The van der Waals surface area contributed by atoms with Crippen molar-refractivity contribution in [3.05, 3.63) is 60.2 Å². The molecule has 2 heteroatoms. The number of aliphatic hydroxyl groups excluding tert-OH is 1. The normalized spacial score (nSPS) is 12.3. The molecule has 2 N–H and O–H groups in total. The lowest BCUT2D eigenvalue weighted by Gasteiger charge is -2.07. The van der Waals surface area contributed by atoms with Crippen LogP contribution in [0.1, 0.15) is 25.3 Å². The van der Waals surface area contributed by atoms with Gasteiger partial charge in [0.05, 0.1) is 6.10 Å². The molecule has 0 fully saturated rings. The first kappa shape index (κ1) is 14.8. The van der Waals surface area contributed by atoms with E-state index in [1.165, 1.54) is 16.7 Å². The third-order valence-corrected chi connectivity index (χ3v) is 3.37. The van der Waals surface area contributed by atoms with Crippen LogP contribution in [0.4, 0.5) is 0 Å². The van der Waals surface area contributed by atoms with Crippen molar-refractivity contribution in [1.82, 2.24) is 5.32 Å². The van der Waals surface area contributed by atoms with Crippen LogP contribution in [-0.4, -0.2) is 17.8 Å². The molecular weight excluding hydrogens is 246 g/mol. The third-order valence-electron chi connectivity index (χ3n) is 3.37. The molecule has 0 amide bonds. The second-order valence-corrected chi connectivity index (χ2v) is 5.23. The molecule has 0 aliphatic rings. The maximum absolute atomic E-state index is 9.18. The lowest BCUT2D eigenvalue weighted by molar-refractivity contribution is 0.181.